The maximum atomic E-state index is 12.9. The second kappa shape index (κ2) is 8.23. The number of amides is 1. The van der Waals surface area contributed by atoms with Gasteiger partial charge in [0.05, 0.1) is 21.6 Å². The molecule has 8 heteroatoms. The van der Waals surface area contributed by atoms with Crippen molar-refractivity contribution in [1.29, 1.82) is 0 Å². The lowest BCUT2D eigenvalue weighted by molar-refractivity contribution is 0.102. The van der Waals surface area contributed by atoms with Crippen molar-refractivity contribution in [1.82, 2.24) is 9.55 Å². The number of imidazole rings is 1. The Bertz CT molecular complexity index is 1330. The third kappa shape index (κ3) is 3.89. The molecule has 0 unspecified atom stereocenters. The molecule has 31 heavy (non-hydrogen) atoms. The zero-order chi connectivity index (χ0) is 22.0. The van der Waals surface area contributed by atoms with Crippen molar-refractivity contribution >= 4 is 38.6 Å². The molecule has 4 aromatic rings. The average Bonchev–Trinajstić information content (AvgIpc) is 3.16. The molecule has 3 aromatic carbocycles. The molecule has 0 aliphatic heterocycles. The SMILES string of the molecule is CCn1c(NC(=O)c2ccc(S(=O)(=O)N(C)c3ccccc3)cc2)nc2ccccc21. The number of hydrogen-bond acceptors (Lipinski definition) is 4. The van der Waals surface area contributed by atoms with Crippen LogP contribution in [-0.4, -0.2) is 30.9 Å². The zero-order valence-electron chi connectivity index (χ0n) is 17.2. The summed E-state index contributed by atoms with van der Waals surface area (Å²) < 4.78 is 28.9. The van der Waals surface area contributed by atoms with Crippen molar-refractivity contribution in [3.63, 3.8) is 0 Å². The molecule has 0 radical (unpaired) electrons. The average molecular weight is 435 g/mol. The van der Waals surface area contributed by atoms with E-state index in [1.807, 2.05) is 41.8 Å². The molecular formula is C23H22N4O3S. The third-order valence-corrected chi connectivity index (χ3v) is 6.89. The van der Waals surface area contributed by atoms with E-state index in [1.165, 1.54) is 35.6 Å². The molecule has 0 aliphatic carbocycles. The summed E-state index contributed by atoms with van der Waals surface area (Å²) in [5, 5.41) is 2.83. The number of carbonyl (C=O) groups excluding carboxylic acids is 1. The summed E-state index contributed by atoms with van der Waals surface area (Å²) in [5.74, 6) is 0.0968. The molecule has 0 spiro atoms. The van der Waals surface area contributed by atoms with Gasteiger partial charge in [0, 0.05) is 19.2 Å². The Morgan fingerprint density at radius 3 is 2.29 bits per heavy atom. The maximum absolute atomic E-state index is 12.9. The van der Waals surface area contributed by atoms with Gasteiger partial charge < -0.3 is 4.57 Å². The predicted octanol–water partition coefficient (Wildman–Crippen LogP) is 4.13. The van der Waals surface area contributed by atoms with E-state index in [2.05, 4.69) is 10.3 Å². The summed E-state index contributed by atoms with van der Waals surface area (Å²) in [6.07, 6.45) is 0. The first-order valence-corrected chi connectivity index (χ1v) is 11.3. The summed E-state index contributed by atoms with van der Waals surface area (Å²) in [4.78, 5) is 17.3. The molecule has 0 saturated carbocycles. The fourth-order valence-electron chi connectivity index (χ4n) is 3.38. The van der Waals surface area contributed by atoms with Crippen LogP contribution in [0.1, 0.15) is 17.3 Å². The molecule has 0 bridgehead atoms. The van der Waals surface area contributed by atoms with Crippen molar-refractivity contribution in [2.45, 2.75) is 18.4 Å². The number of hydrogen-bond donors (Lipinski definition) is 1. The van der Waals surface area contributed by atoms with Gasteiger partial charge >= 0.3 is 0 Å². The Morgan fingerprint density at radius 1 is 0.968 bits per heavy atom. The highest BCUT2D eigenvalue weighted by molar-refractivity contribution is 7.92. The van der Waals surface area contributed by atoms with Gasteiger partial charge in [0.1, 0.15) is 0 Å². The van der Waals surface area contributed by atoms with Crippen LogP contribution in [0.4, 0.5) is 11.6 Å². The number of benzene rings is 3. The first-order valence-electron chi connectivity index (χ1n) is 9.82. The Kier molecular flexibility index (Phi) is 5.48. The van der Waals surface area contributed by atoms with Gasteiger partial charge in [0.25, 0.3) is 15.9 Å². The summed E-state index contributed by atoms with van der Waals surface area (Å²) >= 11 is 0. The smallest absolute Gasteiger partial charge is 0.264 e. The highest BCUT2D eigenvalue weighted by Gasteiger charge is 2.22. The minimum absolute atomic E-state index is 0.108. The second-order valence-electron chi connectivity index (χ2n) is 6.95. The van der Waals surface area contributed by atoms with Crippen LogP contribution in [0.25, 0.3) is 11.0 Å². The largest absolute Gasteiger partial charge is 0.310 e. The minimum atomic E-state index is -3.74. The fraction of sp³-hybridized carbons (Fsp3) is 0.130. The number of nitrogens with one attached hydrogen (secondary N) is 1. The summed E-state index contributed by atoms with van der Waals surface area (Å²) in [5.41, 5.74) is 2.63. The molecule has 0 saturated heterocycles. The van der Waals surface area contributed by atoms with E-state index in [4.69, 9.17) is 0 Å². The lowest BCUT2D eigenvalue weighted by Gasteiger charge is -2.19. The van der Waals surface area contributed by atoms with E-state index >= 15 is 0 Å². The van der Waals surface area contributed by atoms with Gasteiger partial charge in [-0.3, -0.25) is 14.4 Å². The summed E-state index contributed by atoms with van der Waals surface area (Å²) in [6.45, 7) is 2.63. The van der Waals surface area contributed by atoms with E-state index in [0.717, 1.165) is 11.0 Å². The van der Waals surface area contributed by atoms with Crippen molar-refractivity contribution in [3.05, 3.63) is 84.4 Å². The number of para-hydroxylation sites is 3. The predicted molar refractivity (Wildman–Crippen MR) is 122 cm³/mol. The Labute approximate surface area is 181 Å². The number of aromatic nitrogens is 2. The van der Waals surface area contributed by atoms with E-state index in [1.54, 1.807) is 24.3 Å². The van der Waals surface area contributed by atoms with Crippen LogP contribution in [0.3, 0.4) is 0 Å². The van der Waals surface area contributed by atoms with Gasteiger partial charge in [-0.15, -0.1) is 0 Å². The van der Waals surface area contributed by atoms with Crippen molar-refractivity contribution < 1.29 is 13.2 Å². The molecule has 1 amide bonds. The van der Waals surface area contributed by atoms with Crippen LogP contribution in [0.2, 0.25) is 0 Å². The number of aryl methyl sites for hydroxylation is 1. The highest BCUT2D eigenvalue weighted by atomic mass is 32.2. The van der Waals surface area contributed by atoms with Gasteiger partial charge in [0.2, 0.25) is 5.95 Å². The van der Waals surface area contributed by atoms with E-state index < -0.39 is 10.0 Å². The number of fused-ring (bicyclic) bond motifs is 1. The van der Waals surface area contributed by atoms with Crippen LogP contribution in [0, 0.1) is 0 Å². The van der Waals surface area contributed by atoms with Gasteiger partial charge in [0.15, 0.2) is 0 Å². The van der Waals surface area contributed by atoms with Crippen molar-refractivity contribution in [3.8, 4) is 0 Å². The van der Waals surface area contributed by atoms with E-state index in [0.29, 0.717) is 23.7 Å². The molecular weight excluding hydrogens is 412 g/mol. The summed E-state index contributed by atoms with van der Waals surface area (Å²) in [6, 6.07) is 22.3. The van der Waals surface area contributed by atoms with Crippen LogP contribution in [-0.2, 0) is 16.6 Å². The molecule has 1 aromatic heterocycles. The Morgan fingerprint density at radius 2 is 1.61 bits per heavy atom. The molecule has 0 atom stereocenters. The quantitative estimate of drug-likeness (QED) is 0.494. The number of carbonyl (C=O) groups is 1. The van der Waals surface area contributed by atoms with Crippen LogP contribution in [0.15, 0.2) is 83.8 Å². The number of sulfonamides is 1. The topological polar surface area (TPSA) is 84.3 Å². The Hall–Kier alpha value is -3.65. The van der Waals surface area contributed by atoms with Crippen LogP contribution in [0.5, 0.6) is 0 Å². The molecule has 1 N–H and O–H groups in total. The normalized spacial score (nSPS) is 11.4. The molecule has 158 valence electrons. The van der Waals surface area contributed by atoms with Gasteiger partial charge in [-0.2, -0.15) is 0 Å². The van der Waals surface area contributed by atoms with Crippen molar-refractivity contribution in [2.75, 3.05) is 16.7 Å². The number of rotatable bonds is 6. The molecule has 4 rings (SSSR count). The monoisotopic (exact) mass is 434 g/mol. The molecule has 0 aliphatic rings. The lowest BCUT2D eigenvalue weighted by Crippen LogP contribution is -2.26. The summed E-state index contributed by atoms with van der Waals surface area (Å²) in [7, 11) is -2.24. The zero-order valence-corrected chi connectivity index (χ0v) is 18.0. The van der Waals surface area contributed by atoms with Crippen molar-refractivity contribution in [2.24, 2.45) is 0 Å². The minimum Gasteiger partial charge on any atom is -0.310 e. The second-order valence-corrected chi connectivity index (χ2v) is 8.92. The van der Waals surface area contributed by atoms with Gasteiger partial charge in [-0.05, 0) is 55.5 Å². The van der Waals surface area contributed by atoms with E-state index in [9.17, 15) is 13.2 Å². The Balaban J connectivity index is 1.56. The molecule has 0 fully saturated rings. The van der Waals surface area contributed by atoms with Crippen LogP contribution >= 0.6 is 0 Å². The standard InChI is InChI=1S/C23H22N4O3S/c1-3-27-21-12-8-7-11-20(21)24-23(27)25-22(28)17-13-15-19(16-14-17)31(29,30)26(2)18-9-5-4-6-10-18/h4-16H,3H2,1-2H3,(H,24,25,28). The van der Waals surface area contributed by atoms with E-state index in [-0.39, 0.29) is 10.8 Å². The molecule has 7 nitrogen and oxygen atoms in total. The van der Waals surface area contributed by atoms with Gasteiger partial charge in [-0.1, -0.05) is 30.3 Å². The fourth-order valence-corrected chi connectivity index (χ4v) is 4.57. The number of nitrogens with zero attached hydrogens (tertiary/aromatic N) is 3. The first-order chi connectivity index (χ1) is 14.9. The molecule has 1 heterocycles. The van der Waals surface area contributed by atoms with Crippen LogP contribution < -0.4 is 9.62 Å². The van der Waals surface area contributed by atoms with Gasteiger partial charge in [-0.25, -0.2) is 13.4 Å². The highest BCUT2D eigenvalue weighted by Crippen LogP contribution is 2.23. The lowest BCUT2D eigenvalue weighted by atomic mass is 10.2. The third-order valence-electron chi connectivity index (χ3n) is 5.09. The number of anilines is 2. The maximum Gasteiger partial charge on any atom is 0.264 e. The first kappa shape index (κ1) is 20.6.